The van der Waals surface area contributed by atoms with Crippen LogP contribution in [-0.2, 0) is 19.2 Å². The lowest BCUT2D eigenvalue weighted by Gasteiger charge is -2.49. The Balaban J connectivity index is 0.988. The van der Waals surface area contributed by atoms with E-state index in [0.29, 0.717) is 81.6 Å². The topological polar surface area (TPSA) is 178 Å². The van der Waals surface area contributed by atoms with Crippen molar-refractivity contribution in [2.75, 3.05) is 38.8 Å². The van der Waals surface area contributed by atoms with Crippen LogP contribution in [-0.4, -0.2) is 89.7 Å². The van der Waals surface area contributed by atoms with Gasteiger partial charge in [-0.2, -0.15) is 0 Å². The summed E-state index contributed by atoms with van der Waals surface area (Å²) in [5, 5.41) is 24.1. The molecule has 7 rings (SSSR count). The maximum absolute atomic E-state index is 13.7. The van der Waals surface area contributed by atoms with E-state index in [1.165, 1.54) is 22.7 Å². The third-order valence-corrected chi connectivity index (χ3v) is 13.3. The summed E-state index contributed by atoms with van der Waals surface area (Å²) in [7, 11) is 7.72. The zero-order chi connectivity index (χ0) is 45.1. The first kappa shape index (κ1) is 44.5. The standard InChI is InChI=1S/C49H50N4O9S/c1-28-27-63-47-37(46(57)53(47)45(28)49(60)61)26-39(55)44(29-13-9-8-10-14-29)50-42(56)16-12-7-6-11-15-38(54)30-17-20-33(48(58)59)36(23-30)43-34-21-18-31(51(2)3)24-40(34)62-41-25-32(52(4)5)19-22-35(41)43/h8-10,13-14,17-25,37,44,47H,6-7,11-12,15-16,26-27H2,1-5H3,(H2-,50,56,58,59,60,61)/p+1/t37-,44-,47-/m1/s1. The minimum absolute atomic E-state index is 0.0196. The molecule has 0 aromatic heterocycles. The Morgan fingerprint density at radius 3 is 2.29 bits per heavy atom. The normalized spacial score (nSPS) is 16.3. The molecule has 3 atom stereocenters. The largest absolute Gasteiger partial charge is 0.478 e. The summed E-state index contributed by atoms with van der Waals surface area (Å²) in [6, 6.07) is 24.2. The molecule has 0 spiro atoms. The van der Waals surface area contributed by atoms with E-state index in [1.54, 1.807) is 49.4 Å². The fourth-order valence-electron chi connectivity index (χ4n) is 8.37. The van der Waals surface area contributed by atoms with Crippen molar-refractivity contribution in [3.8, 4) is 22.5 Å². The molecule has 326 valence electrons. The van der Waals surface area contributed by atoms with Gasteiger partial charge in [0.1, 0.15) is 37.2 Å². The predicted octanol–water partition coefficient (Wildman–Crippen LogP) is 7.23. The van der Waals surface area contributed by atoms with Gasteiger partial charge in [-0.25, -0.2) is 14.2 Å². The molecule has 0 bridgehead atoms. The third kappa shape index (κ3) is 9.31. The smallest absolute Gasteiger partial charge is 0.352 e. The lowest BCUT2D eigenvalue weighted by molar-refractivity contribution is -0.154. The number of carboxylic acid groups (broad SMARTS) is 2. The number of thioether (sulfide) groups is 1. The van der Waals surface area contributed by atoms with Gasteiger partial charge in [-0.05, 0) is 66.8 Å². The molecule has 3 aromatic rings. The highest BCUT2D eigenvalue weighted by atomic mass is 32.2. The molecule has 1 aliphatic carbocycles. The fourth-order valence-corrected chi connectivity index (χ4v) is 9.73. The first-order valence-corrected chi connectivity index (χ1v) is 22.0. The maximum atomic E-state index is 13.7. The molecule has 1 fully saturated rings. The highest BCUT2D eigenvalue weighted by molar-refractivity contribution is 8.00. The van der Waals surface area contributed by atoms with Gasteiger partial charge in [-0.15, -0.1) is 11.8 Å². The summed E-state index contributed by atoms with van der Waals surface area (Å²) in [6.45, 7) is 1.69. The number of aromatic carboxylic acids is 1. The third-order valence-electron chi connectivity index (χ3n) is 11.8. The molecule has 13 nitrogen and oxygen atoms in total. The number of aliphatic carboxylic acids is 1. The van der Waals surface area contributed by atoms with E-state index in [-0.39, 0.29) is 48.0 Å². The number of β-lactam (4-membered cyclic amide) rings is 1. The van der Waals surface area contributed by atoms with E-state index in [4.69, 9.17) is 4.42 Å². The number of hydrogen-bond donors (Lipinski definition) is 3. The molecular weight excluding hydrogens is 821 g/mol. The Kier molecular flexibility index (Phi) is 13.3. The number of anilines is 1. The Hall–Kier alpha value is -6.54. The Labute approximate surface area is 369 Å². The van der Waals surface area contributed by atoms with Gasteiger partial charge in [-0.3, -0.25) is 24.1 Å². The number of rotatable bonds is 17. The number of hydrogen-bond acceptors (Lipinski definition) is 9. The van der Waals surface area contributed by atoms with Crippen LogP contribution in [0.5, 0.6) is 0 Å². The van der Waals surface area contributed by atoms with E-state index in [0.717, 1.165) is 11.0 Å². The molecule has 4 aliphatic rings. The second-order valence-corrected chi connectivity index (χ2v) is 17.7. The van der Waals surface area contributed by atoms with Crippen molar-refractivity contribution in [1.82, 2.24) is 14.8 Å². The number of carboxylic acids is 2. The Morgan fingerprint density at radius 1 is 0.873 bits per heavy atom. The monoisotopic (exact) mass is 871 g/mol. The fraction of sp³-hybridized carbons (Fsp3) is 0.327. The SMILES string of the molecule is CC1=C(C(=O)O)N2C(=O)[C@@H](CC(=O)[C@H](NC(=O)CCCCCCC(=O)c3ccc(C(=O)O)c(-c4c5ccc(=[N+](C)C)cc-5oc5cc(N(C)C)ccc45)c3)c3ccccc3)[C@H]2SC1. The van der Waals surface area contributed by atoms with Crippen LogP contribution in [0.15, 0.2) is 101 Å². The molecule has 3 heterocycles. The molecule has 3 N–H and O–H groups in total. The Bertz CT molecular complexity index is 2720. The maximum Gasteiger partial charge on any atom is 0.352 e. The van der Waals surface area contributed by atoms with Crippen molar-refractivity contribution in [2.24, 2.45) is 5.92 Å². The number of nitrogens with zero attached hydrogens (tertiary/aromatic N) is 3. The molecule has 14 heteroatoms. The molecule has 63 heavy (non-hydrogen) atoms. The molecular formula is C49H51N4O9S+. The minimum Gasteiger partial charge on any atom is -0.478 e. The molecule has 2 amide bonds. The van der Waals surface area contributed by atoms with Gasteiger partial charge < -0.3 is 24.8 Å². The first-order chi connectivity index (χ1) is 30.1. The highest BCUT2D eigenvalue weighted by Crippen LogP contribution is 2.46. The van der Waals surface area contributed by atoms with Crippen LogP contribution in [0.1, 0.15) is 84.2 Å². The number of benzene rings is 4. The van der Waals surface area contributed by atoms with Crippen LogP contribution in [0, 0.1) is 5.92 Å². The summed E-state index contributed by atoms with van der Waals surface area (Å²) >= 11 is 1.44. The van der Waals surface area contributed by atoms with Crippen LogP contribution in [0.2, 0.25) is 0 Å². The van der Waals surface area contributed by atoms with Gasteiger partial charge in [0.15, 0.2) is 11.6 Å². The van der Waals surface area contributed by atoms with E-state index in [1.807, 2.05) is 74.1 Å². The van der Waals surface area contributed by atoms with Gasteiger partial charge in [0.25, 0.3) is 0 Å². The van der Waals surface area contributed by atoms with Gasteiger partial charge in [0.05, 0.1) is 22.9 Å². The number of amides is 2. The zero-order valence-corrected chi connectivity index (χ0v) is 36.8. The summed E-state index contributed by atoms with van der Waals surface area (Å²) in [4.78, 5) is 81.5. The van der Waals surface area contributed by atoms with Crippen LogP contribution in [0.3, 0.4) is 0 Å². The number of carbonyl (C=O) groups is 6. The van der Waals surface area contributed by atoms with Crippen LogP contribution < -0.4 is 20.1 Å². The lowest BCUT2D eigenvalue weighted by Crippen LogP contribution is -2.62. The van der Waals surface area contributed by atoms with Gasteiger partial charge in [0, 0.05) is 79.0 Å². The Morgan fingerprint density at radius 2 is 1.60 bits per heavy atom. The summed E-state index contributed by atoms with van der Waals surface area (Å²) in [5.74, 6) is -3.10. The predicted molar refractivity (Wildman–Crippen MR) is 243 cm³/mol. The van der Waals surface area contributed by atoms with Crippen molar-refractivity contribution in [3.63, 3.8) is 0 Å². The van der Waals surface area contributed by atoms with E-state index >= 15 is 0 Å². The van der Waals surface area contributed by atoms with Crippen molar-refractivity contribution < 1.29 is 43.4 Å². The van der Waals surface area contributed by atoms with Crippen molar-refractivity contribution in [3.05, 3.63) is 118 Å². The van der Waals surface area contributed by atoms with Crippen LogP contribution in [0.4, 0.5) is 5.69 Å². The molecule has 3 aromatic carbocycles. The number of nitrogens with one attached hydrogen (secondary N) is 1. The second-order valence-electron chi connectivity index (χ2n) is 16.6. The average molecular weight is 872 g/mol. The second kappa shape index (κ2) is 18.8. The van der Waals surface area contributed by atoms with E-state index in [2.05, 4.69) is 5.32 Å². The van der Waals surface area contributed by atoms with Crippen molar-refractivity contribution >= 4 is 63.7 Å². The zero-order valence-electron chi connectivity index (χ0n) is 36.0. The molecule has 3 aliphatic heterocycles. The quantitative estimate of drug-likeness (QED) is 0.0282. The van der Waals surface area contributed by atoms with Gasteiger partial charge in [0.2, 0.25) is 17.2 Å². The molecule has 0 radical (unpaired) electrons. The molecule has 0 unspecified atom stereocenters. The number of carbonyl (C=O) groups excluding carboxylic acids is 4. The van der Waals surface area contributed by atoms with Crippen molar-refractivity contribution in [2.45, 2.75) is 63.3 Å². The average Bonchev–Trinajstić information content (AvgIpc) is 3.26. The number of unbranched alkanes of at least 4 members (excludes halogenated alkanes) is 3. The van der Waals surface area contributed by atoms with Crippen molar-refractivity contribution in [1.29, 1.82) is 0 Å². The van der Waals surface area contributed by atoms with E-state index < -0.39 is 35.2 Å². The summed E-state index contributed by atoms with van der Waals surface area (Å²) < 4.78 is 8.39. The van der Waals surface area contributed by atoms with Gasteiger partial charge in [-0.1, -0.05) is 49.2 Å². The first-order valence-electron chi connectivity index (χ1n) is 21.0. The molecule has 0 saturated carbocycles. The summed E-state index contributed by atoms with van der Waals surface area (Å²) in [5.41, 5.74) is 4.93. The van der Waals surface area contributed by atoms with Gasteiger partial charge >= 0.3 is 11.9 Å². The lowest BCUT2D eigenvalue weighted by atomic mass is 9.87. The number of Topliss-reactive ketones (excluding diaryl/α,β-unsaturated/α-hetero) is 2. The van der Waals surface area contributed by atoms with Crippen LogP contribution >= 0.6 is 11.8 Å². The van der Waals surface area contributed by atoms with E-state index in [9.17, 15) is 39.0 Å². The minimum atomic E-state index is -1.17. The van der Waals surface area contributed by atoms with Crippen LogP contribution in [0.25, 0.3) is 33.4 Å². The summed E-state index contributed by atoms with van der Waals surface area (Å²) in [6.07, 6.45) is 2.67. The molecule has 1 saturated heterocycles. The highest BCUT2D eigenvalue weighted by Gasteiger charge is 2.53. The number of ketones is 2. The number of fused-ring (bicyclic) bond motifs is 3.